The molecular weight excluding hydrogens is 368 g/mol. The molecule has 0 bridgehead atoms. The molecule has 27 heavy (non-hydrogen) atoms. The Bertz CT molecular complexity index is 565. The third-order valence-electron chi connectivity index (χ3n) is 4.13. The third-order valence-corrected chi connectivity index (χ3v) is 4.49. The minimum absolute atomic E-state index is 0.117. The van der Waals surface area contributed by atoms with Gasteiger partial charge in [-0.25, -0.2) is 4.79 Å². The fourth-order valence-corrected chi connectivity index (χ4v) is 3.11. The van der Waals surface area contributed by atoms with E-state index in [1.165, 1.54) is 0 Å². The molecule has 1 amide bonds. The maximum atomic E-state index is 12.2. The number of morpholine rings is 1. The second kappa shape index (κ2) is 10.9. The van der Waals surface area contributed by atoms with Crippen LogP contribution in [-0.4, -0.2) is 67.5 Å². The first-order valence-corrected chi connectivity index (χ1v) is 9.89. The van der Waals surface area contributed by atoms with Crippen molar-refractivity contribution in [2.75, 3.05) is 38.8 Å². The van der Waals surface area contributed by atoms with E-state index >= 15 is 0 Å². The Morgan fingerprint density at radius 2 is 2.11 bits per heavy atom. The number of halogens is 1. The van der Waals surface area contributed by atoms with Crippen molar-refractivity contribution in [1.82, 2.24) is 10.2 Å². The molecule has 1 saturated heterocycles. The van der Waals surface area contributed by atoms with Crippen molar-refractivity contribution in [3.8, 4) is 0 Å². The SMILES string of the molecule is CC(C)(C)NC(=O)O[C@H](COCc1ccccc1)CN1CCOCC1CCl. The van der Waals surface area contributed by atoms with Crippen LogP contribution in [0.5, 0.6) is 0 Å². The Morgan fingerprint density at radius 1 is 1.37 bits per heavy atom. The molecule has 1 aliphatic heterocycles. The second-order valence-electron chi connectivity index (χ2n) is 7.78. The Hall–Kier alpha value is -1.34. The van der Waals surface area contributed by atoms with Crippen molar-refractivity contribution in [1.29, 1.82) is 0 Å². The summed E-state index contributed by atoms with van der Waals surface area (Å²) in [5.74, 6) is 0.478. The minimum Gasteiger partial charge on any atom is -0.442 e. The molecule has 1 fully saturated rings. The minimum atomic E-state index is -0.438. The maximum absolute atomic E-state index is 12.2. The number of alkyl halides is 1. The molecule has 0 aromatic heterocycles. The van der Waals surface area contributed by atoms with Crippen LogP contribution < -0.4 is 5.32 Å². The zero-order valence-corrected chi connectivity index (χ0v) is 17.2. The molecule has 0 radical (unpaired) electrons. The Labute approximate surface area is 167 Å². The van der Waals surface area contributed by atoms with Crippen LogP contribution >= 0.6 is 11.6 Å². The van der Waals surface area contributed by atoms with Gasteiger partial charge in [0.05, 0.1) is 26.4 Å². The molecule has 1 N–H and O–H groups in total. The summed E-state index contributed by atoms with van der Waals surface area (Å²) in [5.41, 5.74) is 0.727. The van der Waals surface area contributed by atoms with E-state index in [-0.39, 0.29) is 17.7 Å². The summed E-state index contributed by atoms with van der Waals surface area (Å²) in [6, 6.07) is 10.1. The van der Waals surface area contributed by atoms with Crippen LogP contribution in [0.2, 0.25) is 0 Å². The predicted octanol–water partition coefficient (Wildman–Crippen LogP) is 3.04. The van der Waals surface area contributed by atoms with Gasteiger partial charge in [0.25, 0.3) is 0 Å². The third kappa shape index (κ3) is 8.47. The van der Waals surface area contributed by atoms with Crippen LogP contribution in [0.15, 0.2) is 30.3 Å². The molecule has 1 aromatic carbocycles. The average Bonchev–Trinajstić information content (AvgIpc) is 2.61. The lowest BCUT2D eigenvalue weighted by atomic mass is 10.1. The Balaban J connectivity index is 1.93. The van der Waals surface area contributed by atoms with Crippen molar-refractivity contribution in [2.24, 2.45) is 0 Å². The predicted molar refractivity (Wildman–Crippen MR) is 106 cm³/mol. The Kier molecular flexibility index (Phi) is 8.83. The summed E-state index contributed by atoms with van der Waals surface area (Å²) < 4.78 is 17.0. The maximum Gasteiger partial charge on any atom is 0.407 e. The smallest absolute Gasteiger partial charge is 0.407 e. The van der Waals surface area contributed by atoms with Crippen molar-refractivity contribution in [3.05, 3.63) is 35.9 Å². The van der Waals surface area contributed by atoms with Crippen LogP contribution in [0.1, 0.15) is 26.3 Å². The molecule has 0 saturated carbocycles. The lowest BCUT2D eigenvalue weighted by molar-refractivity contribution is -0.0442. The van der Waals surface area contributed by atoms with Gasteiger partial charge in [0.1, 0.15) is 6.10 Å². The first kappa shape index (κ1) is 22.0. The summed E-state index contributed by atoms with van der Waals surface area (Å²) in [5, 5.41) is 2.83. The molecule has 152 valence electrons. The van der Waals surface area contributed by atoms with Crippen molar-refractivity contribution >= 4 is 17.7 Å². The number of carbonyl (C=O) groups is 1. The summed E-state index contributed by atoms with van der Waals surface area (Å²) in [7, 11) is 0. The molecule has 1 aliphatic rings. The fraction of sp³-hybridized carbons (Fsp3) is 0.650. The van der Waals surface area contributed by atoms with Gasteiger partial charge in [0.2, 0.25) is 0 Å². The molecule has 1 unspecified atom stereocenters. The molecule has 2 rings (SSSR count). The topological polar surface area (TPSA) is 60.0 Å². The molecule has 6 nitrogen and oxygen atoms in total. The zero-order chi connectivity index (χ0) is 19.7. The first-order chi connectivity index (χ1) is 12.9. The highest BCUT2D eigenvalue weighted by molar-refractivity contribution is 6.18. The van der Waals surface area contributed by atoms with Crippen LogP contribution in [0.3, 0.4) is 0 Å². The van der Waals surface area contributed by atoms with E-state index in [4.69, 9.17) is 25.8 Å². The number of nitrogens with one attached hydrogen (secondary N) is 1. The van der Waals surface area contributed by atoms with Gasteiger partial charge in [-0.05, 0) is 26.3 Å². The van der Waals surface area contributed by atoms with Crippen molar-refractivity contribution in [3.63, 3.8) is 0 Å². The number of nitrogens with zero attached hydrogens (tertiary/aromatic N) is 1. The monoisotopic (exact) mass is 398 g/mol. The number of carbonyl (C=O) groups excluding carboxylic acids is 1. The highest BCUT2D eigenvalue weighted by atomic mass is 35.5. The molecule has 1 heterocycles. The summed E-state index contributed by atoms with van der Waals surface area (Å²) in [6.07, 6.45) is -0.827. The molecular formula is C20H31ClN2O4. The van der Waals surface area contributed by atoms with E-state index < -0.39 is 6.09 Å². The number of amides is 1. The lowest BCUT2D eigenvalue weighted by Gasteiger charge is -2.36. The van der Waals surface area contributed by atoms with Gasteiger partial charge in [-0.1, -0.05) is 30.3 Å². The van der Waals surface area contributed by atoms with Crippen LogP contribution in [0.4, 0.5) is 4.79 Å². The Morgan fingerprint density at radius 3 is 2.78 bits per heavy atom. The first-order valence-electron chi connectivity index (χ1n) is 9.35. The van der Waals surface area contributed by atoms with E-state index in [1.54, 1.807) is 0 Å². The van der Waals surface area contributed by atoms with Gasteiger partial charge < -0.3 is 19.5 Å². The van der Waals surface area contributed by atoms with E-state index in [0.29, 0.717) is 38.9 Å². The molecule has 0 spiro atoms. The summed E-state index contributed by atoms with van der Waals surface area (Å²) >= 11 is 6.06. The van der Waals surface area contributed by atoms with E-state index in [1.807, 2.05) is 51.1 Å². The highest BCUT2D eigenvalue weighted by Gasteiger charge is 2.27. The zero-order valence-electron chi connectivity index (χ0n) is 16.4. The van der Waals surface area contributed by atoms with E-state index in [9.17, 15) is 4.79 Å². The summed E-state index contributed by atoms with van der Waals surface area (Å²) in [6.45, 7) is 9.11. The number of rotatable bonds is 8. The van der Waals surface area contributed by atoms with Gasteiger partial charge in [-0.2, -0.15) is 0 Å². The lowest BCUT2D eigenvalue weighted by Crippen LogP contribution is -2.51. The standard InChI is InChI=1S/C20H31ClN2O4/c1-20(2,3)22-19(24)27-18(12-23-9-10-25-14-17(23)11-21)15-26-13-16-7-5-4-6-8-16/h4-8,17-18H,9-15H2,1-3H3,(H,22,24)/t17?,18-/m0/s1. The largest absolute Gasteiger partial charge is 0.442 e. The molecule has 1 aromatic rings. The average molecular weight is 399 g/mol. The number of benzene rings is 1. The van der Waals surface area contributed by atoms with E-state index in [2.05, 4.69) is 10.2 Å². The molecule has 2 atom stereocenters. The summed E-state index contributed by atoms with van der Waals surface area (Å²) in [4.78, 5) is 14.4. The van der Waals surface area contributed by atoms with Crippen LogP contribution in [0.25, 0.3) is 0 Å². The highest BCUT2D eigenvalue weighted by Crippen LogP contribution is 2.12. The number of alkyl carbamates (subject to hydrolysis) is 1. The van der Waals surface area contributed by atoms with Gasteiger partial charge in [-0.15, -0.1) is 11.6 Å². The van der Waals surface area contributed by atoms with Crippen LogP contribution in [0, 0.1) is 0 Å². The molecule has 7 heteroatoms. The van der Waals surface area contributed by atoms with Crippen LogP contribution in [-0.2, 0) is 20.8 Å². The fourth-order valence-electron chi connectivity index (χ4n) is 2.83. The van der Waals surface area contributed by atoms with Gasteiger partial charge in [0.15, 0.2) is 0 Å². The number of ether oxygens (including phenoxy) is 3. The normalized spacial score (nSPS) is 19.5. The van der Waals surface area contributed by atoms with E-state index in [0.717, 1.165) is 12.1 Å². The van der Waals surface area contributed by atoms with Crippen molar-refractivity contribution in [2.45, 2.75) is 45.1 Å². The number of hydrogen-bond donors (Lipinski definition) is 1. The molecule has 0 aliphatic carbocycles. The van der Waals surface area contributed by atoms with Gasteiger partial charge in [-0.3, -0.25) is 4.90 Å². The van der Waals surface area contributed by atoms with Gasteiger partial charge in [0, 0.05) is 30.6 Å². The quantitative estimate of drug-likeness (QED) is 0.682. The number of hydrogen-bond acceptors (Lipinski definition) is 5. The second-order valence-corrected chi connectivity index (χ2v) is 8.09. The van der Waals surface area contributed by atoms with Gasteiger partial charge >= 0.3 is 6.09 Å². The van der Waals surface area contributed by atoms with Crippen molar-refractivity contribution < 1.29 is 19.0 Å².